The molecular formula is C11H22N2O3. The Bertz CT molecular complexity index is 239. The zero-order chi connectivity index (χ0) is 12.6. The van der Waals surface area contributed by atoms with Gasteiger partial charge in [0.25, 0.3) is 0 Å². The van der Waals surface area contributed by atoms with Gasteiger partial charge in [-0.15, -0.1) is 0 Å². The Morgan fingerprint density at radius 1 is 1.12 bits per heavy atom. The summed E-state index contributed by atoms with van der Waals surface area (Å²) in [4.78, 5) is 23.4. The molecule has 2 amide bonds. The van der Waals surface area contributed by atoms with Crippen molar-refractivity contribution in [2.45, 2.75) is 27.2 Å². The Balaban J connectivity index is 4.17. The smallest absolute Gasteiger partial charge is 0.235 e. The molecule has 0 heterocycles. The monoisotopic (exact) mass is 230 g/mol. The van der Waals surface area contributed by atoms with Crippen LogP contribution in [-0.4, -0.2) is 38.6 Å². The molecule has 0 saturated carbocycles. The van der Waals surface area contributed by atoms with Crippen LogP contribution >= 0.6 is 0 Å². The quantitative estimate of drug-likeness (QED) is 0.488. The second-order valence-electron chi connectivity index (χ2n) is 4.13. The number of hydrogen-bond donors (Lipinski definition) is 2. The Morgan fingerprint density at radius 3 is 2.06 bits per heavy atom. The molecule has 0 saturated heterocycles. The molecule has 0 aliphatic rings. The maximum absolute atomic E-state index is 11.7. The summed E-state index contributed by atoms with van der Waals surface area (Å²) >= 11 is 0. The molecule has 0 spiro atoms. The number of ether oxygens (including phenoxy) is 1. The van der Waals surface area contributed by atoms with Crippen LogP contribution in [0.15, 0.2) is 0 Å². The van der Waals surface area contributed by atoms with Crippen LogP contribution in [0.5, 0.6) is 0 Å². The SMILES string of the molecule is CCCNC(=O)C(C)(C)C(=O)NCCOC. The van der Waals surface area contributed by atoms with Crippen LogP contribution in [0.3, 0.4) is 0 Å². The predicted octanol–water partition coefficient (Wildman–Crippen LogP) is 0.301. The highest BCUT2D eigenvalue weighted by Crippen LogP contribution is 2.14. The van der Waals surface area contributed by atoms with Gasteiger partial charge in [0, 0.05) is 20.2 Å². The van der Waals surface area contributed by atoms with E-state index < -0.39 is 5.41 Å². The number of hydrogen-bond acceptors (Lipinski definition) is 3. The van der Waals surface area contributed by atoms with E-state index >= 15 is 0 Å². The average Bonchev–Trinajstić information content (AvgIpc) is 2.25. The van der Waals surface area contributed by atoms with Crippen molar-refractivity contribution in [3.8, 4) is 0 Å². The highest BCUT2D eigenvalue weighted by molar-refractivity contribution is 6.04. The summed E-state index contributed by atoms with van der Waals surface area (Å²) in [6.07, 6.45) is 0.854. The maximum atomic E-state index is 11.7. The normalized spacial score (nSPS) is 11.0. The second kappa shape index (κ2) is 7.22. The molecule has 0 atom stereocenters. The zero-order valence-corrected chi connectivity index (χ0v) is 10.6. The van der Waals surface area contributed by atoms with Crippen molar-refractivity contribution in [2.24, 2.45) is 5.41 Å². The van der Waals surface area contributed by atoms with Gasteiger partial charge in [-0.05, 0) is 20.3 Å². The standard InChI is InChI=1S/C11H22N2O3/c1-5-6-12-9(14)11(2,3)10(15)13-7-8-16-4/h5-8H2,1-4H3,(H,12,14)(H,13,15). The summed E-state index contributed by atoms with van der Waals surface area (Å²) in [7, 11) is 1.56. The van der Waals surface area contributed by atoms with Gasteiger partial charge in [-0.2, -0.15) is 0 Å². The first-order valence-electron chi connectivity index (χ1n) is 5.52. The largest absolute Gasteiger partial charge is 0.383 e. The highest BCUT2D eigenvalue weighted by atomic mass is 16.5. The van der Waals surface area contributed by atoms with E-state index in [1.165, 1.54) is 0 Å². The van der Waals surface area contributed by atoms with Gasteiger partial charge in [-0.25, -0.2) is 0 Å². The lowest BCUT2D eigenvalue weighted by atomic mass is 9.91. The van der Waals surface area contributed by atoms with Crippen LogP contribution in [0.4, 0.5) is 0 Å². The van der Waals surface area contributed by atoms with Crippen molar-refractivity contribution in [1.82, 2.24) is 10.6 Å². The number of amides is 2. The van der Waals surface area contributed by atoms with Crippen LogP contribution in [-0.2, 0) is 14.3 Å². The fourth-order valence-electron chi connectivity index (χ4n) is 1.05. The molecule has 0 aromatic heterocycles. The fourth-order valence-corrected chi connectivity index (χ4v) is 1.05. The van der Waals surface area contributed by atoms with Gasteiger partial charge in [0.2, 0.25) is 11.8 Å². The third-order valence-electron chi connectivity index (χ3n) is 2.26. The summed E-state index contributed by atoms with van der Waals surface area (Å²) in [5.41, 5.74) is -1.04. The van der Waals surface area contributed by atoms with Gasteiger partial charge in [0.15, 0.2) is 0 Å². The van der Waals surface area contributed by atoms with E-state index in [1.807, 2.05) is 6.92 Å². The molecule has 16 heavy (non-hydrogen) atoms. The third-order valence-corrected chi connectivity index (χ3v) is 2.26. The van der Waals surface area contributed by atoms with Crippen LogP contribution in [0.2, 0.25) is 0 Å². The van der Waals surface area contributed by atoms with Crippen molar-refractivity contribution in [3.63, 3.8) is 0 Å². The van der Waals surface area contributed by atoms with Crippen LogP contribution in [0, 0.1) is 5.41 Å². The van der Waals surface area contributed by atoms with E-state index in [9.17, 15) is 9.59 Å². The Morgan fingerprint density at radius 2 is 1.62 bits per heavy atom. The summed E-state index contributed by atoms with van der Waals surface area (Å²) in [5, 5.41) is 5.37. The maximum Gasteiger partial charge on any atom is 0.235 e. The Hall–Kier alpha value is -1.10. The first kappa shape index (κ1) is 14.9. The predicted molar refractivity (Wildman–Crippen MR) is 62.0 cm³/mol. The molecule has 0 aliphatic carbocycles. The molecule has 0 aromatic rings. The molecule has 0 aliphatic heterocycles. The van der Waals surface area contributed by atoms with Crippen molar-refractivity contribution in [1.29, 1.82) is 0 Å². The first-order valence-corrected chi connectivity index (χ1v) is 5.52. The zero-order valence-electron chi connectivity index (χ0n) is 10.6. The van der Waals surface area contributed by atoms with Crippen molar-refractivity contribution >= 4 is 11.8 Å². The van der Waals surface area contributed by atoms with Crippen LogP contribution in [0.1, 0.15) is 27.2 Å². The minimum atomic E-state index is -1.04. The first-order chi connectivity index (χ1) is 7.46. The average molecular weight is 230 g/mol. The molecule has 2 N–H and O–H groups in total. The number of nitrogens with one attached hydrogen (secondary N) is 2. The van der Waals surface area contributed by atoms with Crippen molar-refractivity contribution in [2.75, 3.05) is 26.8 Å². The molecule has 94 valence electrons. The van der Waals surface area contributed by atoms with Gasteiger partial charge in [-0.3, -0.25) is 9.59 Å². The minimum absolute atomic E-state index is 0.246. The molecule has 0 unspecified atom stereocenters. The minimum Gasteiger partial charge on any atom is -0.383 e. The molecule has 5 heteroatoms. The third kappa shape index (κ3) is 4.61. The van der Waals surface area contributed by atoms with E-state index in [0.717, 1.165) is 6.42 Å². The van der Waals surface area contributed by atoms with Crippen LogP contribution < -0.4 is 10.6 Å². The van der Waals surface area contributed by atoms with Gasteiger partial charge in [0.1, 0.15) is 5.41 Å². The molecular weight excluding hydrogens is 208 g/mol. The highest BCUT2D eigenvalue weighted by Gasteiger charge is 2.35. The van der Waals surface area contributed by atoms with E-state index in [4.69, 9.17) is 4.74 Å². The molecule has 0 radical (unpaired) electrons. The van der Waals surface area contributed by atoms with E-state index in [2.05, 4.69) is 10.6 Å². The van der Waals surface area contributed by atoms with Crippen molar-refractivity contribution < 1.29 is 14.3 Å². The van der Waals surface area contributed by atoms with E-state index in [-0.39, 0.29) is 11.8 Å². The summed E-state index contributed by atoms with van der Waals surface area (Å²) in [5.74, 6) is -0.526. The lowest BCUT2D eigenvalue weighted by molar-refractivity contribution is -0.141. The van der Waals surface area contributed by atoms with E-state index in [1.54, 1.807) is 21.0 Å². The summed E-state index contributed by atoms with van der Waals surface area (Å²) in [6, 6.07) is 0. The topological polar surface area (TPSA) is 67.4 Å². The van der Waals surface area contributed by atoms with Crippen LogP contribution in [0.25, 0.3) is 0 Å². The number of carbonyl (C=O) groups is 2. The Kier molecular flexibility index (Phi) is 6.72. The second-order valence-corrected chi connectivity index (χ2v) is 4.13. The summed E-state index contributed by atoms with van der Waals surface area (Å²) < 4.78 is 4.81. The summed E-state index contributed by atoms with van der Waals surface area (Å²) in [6.45, 7) is 6.64. The lowest BCUT2D eigenvalue weighted by Crippen LogP contribution is -2.48. The number of methoxy groups -OCH3 is 1. The molecule has 0 rings (SSSR count). The van der Waals surface area contributed by atoms with Gasteiger partial charge < -0.3 is 15.4 Å². The fraction of sp³-hybridized carbons (Fsp3) is 0.818. The van der Waals surface area contributed by atoms with Gasteiger partial charge >= 0.3 is 0 Å². The molecule has 0 fully saturated rings. The van der Waals surface area contributed by atoms with E-state index in [0.29, 0.717) is 19.7 Å². The van der Waals surface area contributed by atoms with Crippen molar-refractivity contribution in [3.05, 3.63) is 0 Å². The lowest BCUT2D eigenvalue weighted by Gasteiger charge is -2.22. The Labute approximate surface area is 96.9 Å². The molecule has 0 aromatic carbocycles. The molecule has 5 nitrogen and oxygen atoms in total. The molecule has 0 bridgehead atoms. The van der Waals surface area contributed by atoms with Gasteiger partial charge in [0.05, 0.1) is 6.61 Å². The number of carbonyl (C=O) groups excluding carboxylic acids is 2. The van der Waals surface area contributed by atoms with Gasteiger partial charge in [-0.1, -0.05) is 6.92 Å². The number of rotatable bonds is 7.